The Hall–Kier alpha value is -2.34. The first kappa shape index (κ1) is 15.1. The molecule has 0 radical (unpaired) electrons. The number of halogens is 2. The van der Waals surface area contributed by atoms with Crippen LogP contribution in [-0.4, -0.2) is 10.9 Å². The first-order valence-corrected chi connectivity index (χ1v) is 6.50. The van der Waals surface area contributed by atoms with Crippen LogP contribution in [-0.2, 0) is 6.54 Å². The van der Waals surface area contributed by atoms with Gasteiger partial charge in [-0.05, 0) is 29.8 Å². The maximum absolute atomic E-state index is 13.1. The van der Waals surface area contributed by atoms with Crippen LogP contribution in [0.1, 0.15) is 21.5 Å². The second kappa shape index (κ2) is 6.41. The predicted octanol–water partition coefficient (Wildman–Crippen LogP) is 2.53. The van der Waals surface area contributed by atoms with E-state index in [9.17, 15) is 13.6 Å². The molecule has 2 rings (SSSR count). The van der Waals surface area contributed by atoms with Crippen molar-refractivity contribution in [3.63, 3.8) is 0 Å². The molecule has 0 bridgehead atoms. The molecule has 21 heavy (non-hydrogen) atoms. The van der Waals surface area contributed by atoms with E-state index in [0.29, 0.717) is 5.56 Å². The van der Waals surface area contributed by atoms with E-state index in [1.54, 1.807) is 24.3 Å². The minimum absolute atomic E-state index is 0.0550. The SMILES string of the molecule is NC(=S)c1cccc(CNC(=O)c2ccc(F)c(F)c2)c1. The Kier molecular flexibility index (Phi) is 4.59. The molecule has 0 unspecified atom stereocenters. The molecule has 1 amide bonds. The van der Waals surface area contributed by atoms with Crippen molar-refractivity contribution in [1.29, 1.82) is 0 Å². The lowest BCUT2D eigenvalue weighted by molar-refractivity contribution is 0.0950. The normalized spacial score (nSPS) is 10.2. The fourth-order valence-corrected chi connectivity index (χ4v) is 1.88. The molecule has 0 aliphatic carbocycles. The number of nitrogens with one attached hydrogen (secondary N) is 1. The number of hydrogen-bond acceptors (Lipinski definition) is 2. The van der Waals surface area contributed by atoms with Crippen molar-refractivity contribution in [1.82, 2.24) is 5.32 Å². The third-order valence-corrected chi connectivity index (χ3v) is 3.08. The smallest absolute Gasteiger partial charge is 0.251 e. The van der Waals surface area contributed by atoms with E-state index in [0.717, 1.165) is 17.7 Å². The van der Waals surface area contributed by atoms with Crippen LogP contribution in [0.15, 0.2) is 42.5 Å². The monoisotopic (exact) mass is 306 g/mol. The lowest BCUT2D eigenvalue weighted by Crippen LogP contribution is -2.23. The number of carbonyl (C=O) groups is 1. The van der Waals surface area contributed by atoms with Gasteiger partial charge in [0.2, 0.25) is 0 Å². The summed E-state index contributed by atoms with van der Waals surface area (Å²) in [6, 6.07) is 10.1. The summed E-state index contributed by atoms with van der Waals surface area (Å²) in [7, 11) is 0. The molecule has 0 heterocycles. The molecule has 0 spiro atoms. The van der Waals surface area contributed by atoms with E-state index in [4.69, 9.17) is 18.0 Å². The molecular formula is C15H12F2N2OS. The molecule has 0 aromatic heterocycles. The second-order valence-corrected chi connectivity index (χ2v) is 4.82. The average Bonchev–Trinajstić information content (AvgIpc) is 2.48. The van der Waals surface area contributed by atoms with Gasteiger partial charge in [0.05, 0.1) is 0 Å². The summed E-state index contributed by atoms with van der Waals surface area (Å²) in [4.78, 5) is 12.1. The molecule has 0 aliphatic heterocycles. The van der Waals surface area contributed by atoms with Crippen LogP contribution in [0.3, 0.4) is 0 Å². The van der Waals surface area contributed by atoms with E-state index in [-0.39, 0.29) is 17.1 Å². The van der Waals surface area contributed by atoms with E-state index in [1.807, 2.05) is 0 Å². The highest BCUT2D eigenvalue weighted by Crippen LogP contribution is 2.09. The zero-order valence-corrected chi connectivity index (χ0v) is 11.7. The first-order valence-electron chi connectivity index (χ1n) is 6.09. The maximum Gasteiger partial charge on any atom is 0.251 e. The van der Waals surface area contributed by atoms with Gasteiger partial charge < -0.3 is 11.1 Å². The zero-order valence-electron chi connectivity index (χ0n) is 10.9. The van der Waals surface area contributed by atoms with Crippen LogP contribution in [0.5, 0.6) is 0 Å². The summed E-state index contributed by atoms with van der Waals surface area (Å²) < 4.78 is 25.9. The Labute approximate surface area is 125 Å². The van der Waals surface area contributed by atoms with Gasteiger partial charge in [-0.25, -0.2) is 8.78 Å². The van der Waals surface area contributed by atoms with Gasteiger partial charge in [0.1, 0.15) is 4.99 Å². The lowest BCUT2D eigenvalue weighted by Gasteiger charge is -2.07. The topological polar surface area (TPSA) is 55.1 Å². The quantitative estimate of drug-likeness (QED) is 0.854. The highest BCUT2D eigenvalue weighted by atomic mass is 32.1. The summed E-state index contributed by atoms with van der Waals surface area (Å²) in [6.45, 7) is 0.230. The maximum atomic E-state index is 13.1. The van der Waals surface area contributed by atoms with Crippen molar-refractivity contribution < 1.29 is 13.6 Å². The van der Waals surface area contributed by atoms with Crippen molar-refractivity contribution in [3.8, 4) is 0 Å². The van der Waals surface area contributed by atoms with Gasteiger partial charge in [-0.3, -0.25) is 4.79 Å². The Bertz CT molecular complexity index is 704. The van der Waals surface area contributed by atoms with Crippen LogP contribution < -0.4 is 11.1 Å². The predicted molar refractivity (Wildman–Crippen MR) is 79.9 cm³/mol. The van der Waals surface area contributed by atoms with Gasteiger partial charge in [0, 0.05) is 17.7 Å². The summed E-state index contributed by atoms with van der Waals surface area (Å²) in [6.07, 6.45) is 0. The average molecular weight is 306 g/mol. The van der Waals surface area contributed by atoms with E-state index >= 15 is 0 Å². The molecule has 3 nitrogen and oxygen atoms in total. The molecule has 0 atom stereocenters. The number of rotatable bonds is 4. The fraction of sp³-hybridized carbons (Fsp3) is 0.0667. The van der Waals surface area contributed by atoms with Crippen molar-refractivity contribution >= 4 is 23.1 Å². The van der Waals surface area contributed by atoms with Gasteiger partial charge in [0.15, 0.2) is 11.6 Å². The molecule has 6 heteroatoms. The second-order valence-electron chi connectivity index (χ2n) is 4.38. The van der Waals surface area contributed by atoms with E-state index < -0.39 is 17.5 Å². The Morgan fingerprint density at radius 1 is 1.10 bits per heavy atom. The molecule has 2 aromatic rings. The van der Waals surface area contributed by atoms with Crippen LogP contribution in [0.2, 0.25) is 0 Å². The summed E-state index contributed by atoms with van der Waals surface area (Å²) in [5.74, 6) is -2.54. The largest absolute Gasteiger partial charge is 0.389 e. The molecular weight excluding hydrogens is 294 g/mol. The van der Waals surface area contributed by atoms with Gasteiger partial charge in [0.25, 0.3) is 5.91 Å². The number of carbonyl (C=O) groups excluding carboxylic acids is 1. The Balaban J connectivity index is 2.05. The number of nitrogens with two attached hydrogens (primary N) is 1. The summed E-state index contributed by atoms with van der Waals surface area (Å²) >= 11 is 4.87. The Morgan fingerprint density at radius 2 is 1.86 bits per heavy atom. The van der Waals surface area contributed by atoms with Gasteiger partial charge >= 0.3 is 0 Å². The standard InChI is InChI=1S/C15H12F2N2OS/c16-12-5-4-11(7-13(12)17)15(20)19-8-9-2-1-3-10(6-9)14(18)21/h1-7H,8H2,(H2,18,21)(H,19,20). The van der Waals surface area contributed by atoms with E-state index in [1.165, 1.54) is 6.07 Å². The fourth-order valence-electron chi connectivity index (χ4n) is 1.76. The summed E-state index contributed by atoms with van der Waals surface area (Å²) in [5.41, 5.74) is 7.08. The highest BCUT2D eigenvalue weighted by Gasteiger charge is 2.09. The molecule has 0 saturated carbocycles. The molecule has 2 aromatic carbocycles. The van der Waals surface area contributed by atoms with Gasteiger partial charge in [-0.2, -0.15) is 0 Å². The molecule has 0 saturated heterocycles. The summed E-state index contributed by atoms with van der Waals surface area (Å²) in [5, 5.41) is 2.62. The third kappa shape index (κ3) is 3.82. The molecule has 108 valence electrons. The van der Waals surface area contributed by atoms with Crippen LogP contribution in [0.4, 0.5) is 8.78 Å². The third-order valence-electron chi connectivity index (χ3n) is 2.85. The van der Waals surface area contributed by atoms with Crippen LogP contribution in [0.25, 0.3) is 0 Å². The zero-order chi connectivity index (χ0) is 15.4. The minimum atomic E-state index is -1.06. The van der Waals surface area contributed by atoms with Crippen LogP contribution >= 0.6 is 12.2 Å². The molecule has 0 fully saturated rings. The van der Waals surface area contributed by atoms with Gasteiger partial charge in [-0.1, -0.05) is 30.4 Å². The number of thiocarbonyl (C=S) groups is 1. The highest BCUT2D eigenvalue weighted by molar-refractivity contribution is 7.80. The first-order chi connectivity index (χ1) is 9.97. The van der Waals surface area contributed by atoms with Gasteiger partial charge in [-0.15, -0.1) is 0 Å². The molecule has 0 aliphatic rings. The lowest BCUT2D eigenvalue weighted by atomic mass is 10.1. The van der Waals surface area contributed by atoms with Crippen molar-refractivity contribution in [3.05, 3.63) is 70.8 Å². The number of hydrogen-bond donors (Lipinski definition) is 2. The van der Waals surface area contributed by atoms with Crippen molar-refractivity contribution in [2.24, 2.45) is 5.73 Å². The van der Waals surface area contributed by atoms with Crippen molar-refractivity contribution in [2.75, 3.05) is 0 Å². The van der Waals surface area contributed by atoms with Crippen LogP contribution in [0, 0.1) is 11.6 Å². The molecule has 3 N–H and O–H groups in total. The number of amides is 1. The number of benzene rings is 2. The van der Waals surface area contributed by atoms with Crippen molar-refractivity contribution in [2.45, 2.75) is 6.54 Å². The van der Waals surface area contributed by atoms with E-state index in [2.05, 4.69) is 5.32 Å². The minimum Gasteiger partial charge on any atom is -0.389 e. The Morgan fingerprint density at radius 3 is 2.52 bits per heavy atom.